The van der Waals surface area contributed by atoms with Gasteiger partial charge in [-0.15, -0.1) is 5.10 Å². The molecule has 0 fully saturated rings. The molecule has 0 amide bonds. The lowest BCUT2D eigenvalue weighted by Gasteiger charge is -2.11. The second kappa shape index (κ2) is 5.88. The van der Waals surface area contributed by atoms with Crippen LogP contribution in [0.3, 0.4) is 0 Å². The van der Waals surface area contributed by atoms with Crippen LogP contribution in [0.5, 0.6) is 0 Å². The maximum Gasteiger partial charge on any atom is 0.147 e. The van der Waals surface area contributed by atoms with Crippen molar-refractivity contribution in [3.63, 3.8) is 0 Å². The van der Waals surface area contributed by atoms with Crippen molar-refractivity contribution in [1.82, 2.24) is 9.59 Å². The summed E-state index contributed by atoms with van der Waals surface area (Å²) in [5.41, 5.74) is 6.98. The van der Waals surface area contributed by atoms with Crippen molar-refractivity contribution in [2.75, 3.05) is 12.0 Å². The number of rotatable bonds is 6. The van der Waals surface area contributed by atoms with Crippen molar-refractivity contribution in [3.05, 3.63) is 10.6 Å². The number of hydrogen-bond acceptors (Lipinski definition) is 6. The van der Waals surface area contributed by atoms with Crippen LogP contribution >= 0.6 is 11.5 Å². The Morgan fingerprint density at radius 1 is 1.41 bits per heavy atom. The van der Waals surface area contributed by atoms with Gasteiger partial charge in [0.1, 0.15) is 9.84 Å². The molecule has 7 heteroatoms. The van der Waals surface area contributed by atoms with E-state index in [1.165, 1.54) is 17.8 Å². The second-order valence-corrected chi connectivity index (χ2v) is 7.60. The molecule has 1 aromatic heterocycles. The van der Waals surface area contributed by atoms with E-state index < -0.39 is 9.84 Å². The van der Waals surface area contributed by atoms with Gasteiger partial charge in [-0.1, -0.05) is 18.3 Å². The summed E-state index contributed by atoms with van der Waals surface area (Å²) >= 11 is 1.31. The summed E-state index contributed by atoms with van der Waals surface area (Å²) in [6.07, 6.45) is 2.47. The Morgan fingerprint density at radius 2 is 2.06 bits per heavy atom. The largest absolute Gasteiger partial charge is 0.323 e. The van der Waals surface area contributed by atoms with E-state index in [-0.39, 0.29) is 11.8 Å². The lowest BCUT2D eigenvalue weighted by atomic mass is 10.0. The highest BCUT2D eigenvalue weighted by molar-refractivity contribution is 7.90. The van der Waals surface area contributed by atoms with Crippen molar-refractivity contribution in [1.29, 1.82) is 0 Å². The Balaban J connectivity index is 2.58. The lowest BCUT2D eigenvalue weighted by Crippen LogP contribution is -2.13. The molecule has 0 aliphatic carbocycles. The molecule has 0 bridgehead atoms. The normalized spacial score (nSPS) is 14.2. The van der Waals surface area contributed by atoms with E-state index in [1.54, 1.807) is 0 Å². The third kappa shape index (κ3) is 4.69. The van der Waals surface area contributed by atoms with Gasteiger partial charge in [0.25, 0.3) is 0 Å². The smallest absolute Gasteiger partial charge is 0.147 e. The molecule has 98 valence electrons. The van der Waals surface area contributed by atoms with E-state index in [0.29, 0.717) is 18.8 Å². The first kappa shape index (κ1) is 14.5. The molecule has 0 aromatic carbocycles. The number of hydrogen-bond donors (Lipinski definition) is 1. The van der Waals surface area contributed by atoms with Gasteiger partial charge < -0.3 is 5.73 Å². The third-order valence-electron chi connectivity index (χ3n) is 2.45. The summed E-state index contributed by atoms with van der Waals surface area (Å²) in [6.45, 7) is 4.09. The molecule has 0 saturated carbocycles. The van der Waals surface area contributed by atoms with E-state index in [4.69, 9.17) is 5.73 Å². The Labute approximate surface area is 107 Å². The Hall–Kier alpha value is -0.530. The van der Waals surface area contributed by atoms with E-state index in [2.05, 4.69) is 9.59 Å². The van der Waals surface area contributed by atoms with Crippen LogP contribution in [0.25, 0.3) is 0 Å². The highest BCUT2D eigenvalue weighted by atomic mass is 32.2. The summed E-state index contributed by atoms with van der Waals surface area (Å²) in [4.78, 5) is 0.980. The van der Waals surface area contributed by atoms with Crippen molar-refractivity contribution >= 4 is 21.4 Å². The summed E-state index contributed by atoms with van der Waals surface area (Å²) < 4.78 is 25.9. The topological polar surface area (TPSA) is 85.9 Å². The standard InChI is InChI=1S/C10H19N3O2S2/c1-7(2)9-10(16-13-12-9)8(11)5-4-6-17(3,14)15/h7-8H,4-6,11H2,1-3H3. The minimum atomic E-state index is -2.90. The molecule has 17 heavy (non-hydrogen) atoms. The maximum absolute atomic E-state index is 11.0. The zero-order chi connectivity index (χ0) is 13.1. The first-order valence-corrected chi connectivity index (χ1v) is 8.40. The highest BCUT2D eigenvalue weighted by Crippen LogP contribution is 2.27. The monoisotopic (exact) mass is 277 g/mol. The van der Waals surface area contributed by atoms with Crippen LogP contribution in [0.15, 0.2) is 0 Å². The van der Waals surface area contributed by atoms with Gasteiger partial charge in [-0.05, 0) is 30.3 Å². The van der Waals surface area contributed by atoms with Gasteiger partial charge in [0, 0.05) is 18.1 Å². The van der Waals surface area contributed by atoms with E-state index in [1.807, 2.05) is 13.8 Å². The second-order valence-electron chi connectivity index (χ2n) is 4.56. The molecule has 0 radical (unpaired) electrons. The number of nitrogens with two attached hydrogens (primary N) is 1. The van der Waals surface area contributed by atoms with Gasteiger partial charge in [-0.3, -0.25) is 0 Å². The van der Waals surface area contributed by atoms with E-state index in [0.717, 1.165) is 10.6 Å². The SMILES string of the molecule is CC(C)c1nnsc1C(N)CCCS(C)(=O)=O. The molecule has 1 atom stereocenters. The van der Waals surface area contributed by atoms with Crippen LogP contribution in [-0.4, -0.2) is 30.0 Å². The fourth-order valence-corrected chi connectivity index (χ4v) is 3.09. The third-order valence-corrected chi connectivity index (χ3v) is 4.36. The fourth-order valence-electron chi connectivity index (χ4n) is 1.56. The average molecular weight is 277 g/mol. The van der Waals surface area contributed by atoms with Crippen molar-refractivity contribution in [2.24, 2.45) is 5.73 Å². The van der Waals surface area contributed by atoms with Gasteiger partial charge in [0.05, 0.1) is 10.6 Å². The molecule has 0 aliphatic heterocycles. The lowest BCUT2D eigenvalue weighted by molar-refractivity contribution is 0.587. The predicted molar refractivity (Wildman–Crippen MR) is 69.9 cm³/mol. The molecule has 0 aliphatic rings. The maximum atomic E-state index is 11.0. The molecular formula is C10H19N3O2S2. The zero-order valence-electron chi connectivity index (χ0n) is 10.4. The summed E-state index contributed by atoms with van der Waals surface area (Å²) in [5.74, 6) is 0.480. The summed E-state index contributed by atoms with van der Waals surface area (Å²) in [6, 6.07) is -0.158. The van der Waals surface area contributed by atoms with Gasteiger partial charge in [-0.25, -0.2) is 8.42 Å². The van der Waals surface area contributed by atoms with Crippen molar-refractivity contribution in [3.8, 4) is 0 Å². The van der Waals surface area contributed by atoms with Crippen LogP contribution in [0.2, 0.25) is 0 Å². The van der Waals surface area contributed by atoms with E-state index in [9.17, 15) is 8.42 Å². The fraction of sp³-hybridized carbons (Fsp3) is 0.800. The first-order chi connectivity index (χ1) is 7.81. The quantitative estimate of drug-likeness (QED) is 0.851. The van der Waals surface area contributed by atoms with Crippen LogP contribution in [0.4, 0.5) is 0 Å². The molecule has 0 spiro atoms. The molecule has 1 heterocycles. The average Bonchev–Trinajstić information content (AvgIpc) is 2.63. The highest BCUT2D eigenvalue weighted by Gasteiger charge is 2.18. The van der Waals surface area contributed by atoms with Crippen LogP contribution < -0.4 is 5.73 Å². The molecule has 1 unspecified atom stereocenters. The Kier molecular flexibility index (Phi) is 5.03. The summed E-state index contributed by atoms with van der Waals surface area (Å²) in [7, 11) is -2.90. The number of aromatic nitrogens is 2. The van der Waals surface area contributed by atoms with Gasteiger partial charge in [0.15, 0.2) is 0 Å². The van der Waals surface area contributed by atoms with E-state index >= 15 is 0 Å². The zero-order valence-corrected chi connectivity index (χ0v) is 12.0. The van der Waals surface area contributed by atoms with Gasteiger partial charge in [0.2, 0.25) is 0 Å². The number of sulfone groups is 1. The molecule has 1 rings (SSSR count). The first-order valence-electron chi connectivity index (χ1n) is 5.56. The molecule has 1 aromatic rings. The Morgan fingerprint density at radius 3 is 2.59 bits per heavy atom. The van der Waals surface area contributed by atoms with Crippen molar-refractivity contribution in [2.45, 2.75) is 38.6 Å². The van der Waals surface area contributed by atoms with Crippen molar-refractivity contribution < 1.29 is 8.42 Å². The molecule has 5 nitrogen and oxygen atoms in total. The number of nitrogens with zero attached hydrogens (tertiary/aromatic N) is 2. The van der Waals surface area contributed by atoms with Gasteiger partial charge in [-0.2, -0.15) is 0 Å². The summed E-state index contributed by atoms with van der Waals surface area (Å²) in [5, 5.41) is 4.06. The predicted octanol–water partition coefficient (Wildman–Crippen LogP) is 1.49. The molecule has 2 N–H and O–H groups in total. The Bertz CT molecular complexity index is 454. The van der Waals surface area contributed by atoms with Crippen LogP contribution in [0.1, 0.15) is 49.2 Å². The van der Waals surface area contributed by atoms with Crippen LogP contribution in [0, 0.1) is 0 Å². The molecular weight excluding hydrogens is 258 g/mol. The van der Waals surface area contributed by atoms with Crippen LogP contribution in [-0.2, 0) is 9.84 Å². The molecule has 0 saturated heterocycles. The van der Waals surface area contributed by atoms with Gasteiger partial charge >= 0.3 is 0 Å². The minimum absolute atomic E-state index is 0.158. The minimum Gasteiger partial charge on any atom is -0.323 e.